The summed E-state index contributed by atoms with van der Waals surface area (Å²) in [5, 5.41) is 0. The van der Waals surface area contributed by atoms with Crippen LogP contribution in [0.25, 0.3) is 0 Å². The lowest BCUT2D eigenvalue weighted by Gasteiger charge is -2.17. The van der Waals surface area contributed by atoms with Gasteiger partial charge in [0.2, 0.25) is 0 Å². The van der Waals surface area contributed by atoms with Crippen LogP contribution >= 0.6 is 11.8 Å². The molecule has 0 saturated heterocycles. The molecule has 1 aliphatic heterocycles. The number of nitrogens with zero attached hydrogens (tertiary/aromatic N) is 1. The number of fused-ring (bicyclic) bond motifs is 1. The number of benzene rings is 1. The molecule has 0 bridgehead atoms. The van der Waals surface area contributed by atoms with E-state index in [1.807, 2.05) is 17.8 Å². The van der Waals surface area contributed by atoms with E-state index in [0.717, 1.165) is 12.0 Å². The summed E-state index contributed by atoms with van der Waals surface area (Å²) in [6.07, 6.45) is 2.29. The number of hydrogen-bond donors (Lipinski definition) is 1. The van der Waals surface area contributed by atoms with Crippen molar-refractivity contribution in [1.82, 2.24) is 9.03 Å². The van der Waals surface area contributed by atoms with Crippen LogP contribution in [0.1, 0.15) is 17.5 Å². The fourth-order valence-corrected chi connectivity index (χ4v) is 3.45. The molecule has 6 heteroatoms. The zero-order chi connectivity index (χ0) is 13.2. The third-order valence-electron chi connectivity index (χ3n) is 2.91. The molecular weight excluding hydrogens is 268 g/mol. The lowest BCUT2D eigenvalue weighted by atomic mass is 10.1. The van der Waals surface area contributed by atoms with Crippen LogP contribution in [-0.2, 0) is 23.2 Å². The van der Waals surface area contributed by atoms with Crippen molar-refractivity contribution in [2.75, 3.05) is 19.8 Å². The first-order valence-electron chi connectivity index (χ1n) is 5.91. The molecule has 0 amide bonds. The first-order valence-corrected chi connectivity index (χ1v) is 8.33. The fourth-order valence-electron chi connectivity index (χ4n) is 1.83. The third-order valence-corrected chi connectivity index (χ3v) is 5.58. The lowest BCUT2D eigenvalue weighted by Crippen LogP contribution is -2.35. The van der Waals surface area contributed by atoms with Gasteiger partial charge in [0.1, 0.15) is 0 Å². The number of rotatable bonds is 4. The van der Waals surface area contributed by atoms with Gasteiger partial charge in [0.25, 0.3) is 10.2 Å². The van der Waals surface area contributed by atoms with Gasteiger partial charge in [-0.05, 0) is 35.8 Å². The van der Waals surface area contributed by atoms with Gasteiger partial charge in [-0.1, -0.05) is 12.1 Å². The Bertz CT molecular complexity index is 527. The van der Waals surface area contributed by atoms with E-state index in [0.29, 0.717) is 6.54 Å². The van der Waals surface area contributed by atoms with E-state index in [9.17, 15) is 8.42 Å². The van der Waals surface area contributed by atoms with E-state index in [1.54, 1.807) is 0 Å². The van der Waals surface area contributed by atoms with Gasteiger partial charge < -0.3 is 0 Å². The molecule has 1 aromatic carbocycles. The number of aryl methyl sites for hydroxylation is 1. The molecule has 1 aromatic rings. The Morgan fingerprint density at radius 3 is 2.89 bits per heavy atom. The second-order valence-corrected chi connectivity index (χ2v) is 7.61. The SMILES string of the molecule is CN(C)S(=O)(=O)NCc1ccc2c(c1)CCCS2. The minimum absolute atomic E-state index is 0.346. The molecule has 4 nitrogen and oxygen atoms in total. The van der Waals surface area contributed by atoms with Crippen molar-refractivity contribution in [2.24, 2.45) is 0 Å². The second-order valence-electron chi connectivity index (χ2n) is 4.50. The Labute approximate surface area is 113 Å². The molecule has 0 radical (unpaired) electrons. The van der Waals surface area contributed by atoms with Gasteiger partial charge >= 0.3 is 0 Å². The van der Waals surface area contributed by atoms with Gasteiger partial charge in [-0.25, -0.2) is 0 Å². The van der Waals surface area contributed by atoms with Crippen LogP contribution in [0.15, 0.2) is 23.1 Å². The fraction of sp³-hybridized carbons (Fsp3) is 0.500. The molecule has 0 aromatic heterocycles. The summed E-state index contributed by atoms with van der Waals surface area (Å²) in [6, 6.07) is 6.20. The zero-order valence-corrected chi connectivity index (χ0v) is 12.3. The largest absolute Gasteiger partial charge is 0.279 e. The van der Waals surface area contributed by atoms with Gasteiger partial charge in [-0.2, -0.15) is 17.4 Å². The standard InChI is InChI=1S/C12H18N2O2S2/c1-14(2)18(15,16)13-9-10-5-6-12-11(8-10)4-3-7-17-12/h5-6,8,13H,3-4,7,9H2,1-2H3. The molecule has 0 spiro atoms. The lowest BCUT2D eigenvalue weighted by molar-refractivity contribution is 0.505. The van der Waals surface area contributed by atoms with Crippen LogP contribution in [-0.4, -0.2) is 32.6 Å². The Hall–Kier alpha value is -0.560. The predicted molar refractivity (Wildman–Crippen MR) is 74.9 cm³/mol. The summed E-state index contributed by atoms with van der Waals surface area (Å²) in [5.74, 6) is 1.18. The zero-order valence-electron chi connectivity index (χ0n) is 10.6. The quantitative estimate of drug-likeness (QED) is 0.915. The molecule has 0 aliphatic carbocycles. The highest BCUT2D eigenvalue weighted by Gasteiger charge is 2.14. The Morgan fingerprint density at radius 1 is 1.39 bits per heavy atom. The van der Waals surface area contributed by atoms with Gasteiger partial charge in [0.15, 0.2) is 0 Å². The van der Waals surface area contributed by atoms with Crippen molar-refractivity contribution in [3.8, 4) is 0 Å². The molecule has 18 heavy (non-hydrogen) atoms. The predicted octanol–water partition coefficient (Wildman–Crippen LogP) is 1.62. The Morgan fingerprint density at radius 2 is 2.17 bits per heavy atom. The Kier molecular flexibility index (Phi) is 4.32. The molecule has 0 unspecified atom stereocenters. The summed E-state index contributed by atoms with van der Waals surface area (Å²) in [6.45, 7) is 0.346. The molecule has 1 aliphatic rings. The number of nitrogens with one attached hydrogen (secondary N) is 1. The van der Waals surface area contributed by atoms with Crippen LogP contribution in [0.3, 0.4) is 0 Å². The maximum atomic E-state index is 11.6. The van der Waals surface area contributed by atoms with E-state index in [4.69, 9.17) is 0 Å². The molecule has 1 heterocycles. The van der Waals surface area contributed by atoms with E-state index >= 15 is 0 Å². The van der Waals surface area contributed by atoms with Gasteiger partial charge in [0.05, 0.1) is 0 Å². The Balaban J connectivity index is 2.07. The minimum Gasteiger partial charge on any atom is -0.198 e. The minimum atomic E-state index is -3.34. The highest BCUT2D eigenvalue weighted by molar-refractivity contribution is 7.99. The van der Waals surface area contributed by atoms with Crippen LogP contribution in [0, 0.1) is 0 Å². The molecule has 2 rings (SSSR count). The molecule has 0 atom stereocenters. The monoisotopic (exact) mass is 286 g/mol. The van der Waals surface area contributed by atoms with Crippen molar-refractivity contribution in [1.29, 1.82) is 0 Å². The third kappa shape index (κ3) is 3.26. The van der Waals surface area contributed by atoms with Crippen molar-refractivity contribution in [3.63, 3.8) is 0 Å². The summed E-state index contributed by atoms with van der Waals surface area (Å²) in [7, 11) is -0.300. The number of thioether (sulfide) groups is 1. The van der Waals surface area contributed by atoms with Gasteiger partial charge in [-0.15, -0.1) is 11.8 Å². The molecule has 100 valence electrons. The van der Waals surface area contributed by atoms with E-state index in [1.165, 1.54) is 41.0 Å². The van der Waals surface area contributed by atoms with Gasteiger partial charge in [-0.3, -0.25) is 0 Å². The second kappa shape index (κ2) is 5.61. The summed E-state index contributed by atoms with van der Waals surface area (Å²) >= 11 is 1.88. The van der Waals surface area contributed by atoms with Crippen LogP contribution < -0.4 is 4.72 Å². The summed E-state index contributed by atoms with van der Waals surface area (Å²) in [4.78, 5) is 1.33. The van der Waals surface area contributed by atoms with Gasteiger partial charge in [0, 0.05) is 25.5 Å². The van der Waals surface area contributed by atoms with E-state index in [-0.39, 0.29) is 0 Å². The maximum Gasteiger partial charge on any atom is 0.279 e. The topological polar surface area (TPSA) is 49.4 Å². The van der Waals surface area contributed by atoms with Crippen LogP contribution in [0.2, 0.25) is 0 Å². The smallest absolute Gasteiger partial charge is 0.198 e. The van der Waals surface area contributed by atoms with Crippen molar-refractivity contribution < 1.29 is 8.42 Å². The average Bonchev–Trinajstić information content (AvgIpc) is 2.36. The highest BCUT2D eigenvalue weighted by Crippen LogP contribution is 2.30. The molecule has 0 fully saturated rings. The van der Waals surface area contributed by atoms with Crippen molar-refractivity contribution >= 4 is 22.0 Å². The maximum absolute atomic E-state index is 11.6. The number of hydrogen-bond acceptors (Lipinski definition) is 3. The average molecular weight is 286 g/mol. The first-order chi connectivity index (χ1) is 8.49. The summed E-state index contributed by atoms with van der Waals surface area (Å²) in [5.41, 5.74) is 2.36. The van der Waals surface area contributed by atoms with Crippen LogP contribution in [0.4, 0.5) is 0 Å². The van der Waals surface area contributed by atoms with E-state index in [2.05, 4.69) is 16.9 Å². The van der Waals surface area contributed by atoms with E-state index < -0.39 is 10.2 Å². The normalized spacial score (nSPS) is 15.7. The molecular formula is C12H18N2O2S2. The summed E-state index contributed by atoms with van der Waals surface area (Å²) < 4.78 is 27.0. The first kappa shape index (κ1) is 13.9. The highest BCUT2D eigenvalue weighted by atomic mass is 32.2. The van der Waals surface area contributed by atoms with Crippen LogP contribution in [0.5, 0.6) is 0 Å². The van der Waals surface area contributed by atoms with Crippen molar-refractivity contribution in [2.45, 2.75) is 24.3 Å². The molecule has 0 saturated carbocycles. The molecule has 1 N–H and O–H groups in total. The van der Waals surface area contributed by atoms with Crippen molar-refractivity contribution in [3.05, 3.63) is 29.3 Å².